The third kappa shape index (κ3) is 4.83. The molecule has 0 bridgehead atoms. The van der Waals surface area contributed by atoms with Gasteiger partial charge in [-0.2, -0.15) is 0 Å². The molecule has 152 valence electrons. The van der Waals surface area contributed by atoms with E-state index in [2.05, 4.69) is 32.5 Å². The summed E-state index contributed by atoms with van der Waals surface area (Å²) in [5.41, 5.74) is 1.31. The average molecular weight is 432 g/mol. The second-order valence-corrected chi connectivity index (χ2v) is 8.86. The molecule has 2 aliphatic heterocycles. The quantitative estimate of drug-likeness (QED) is 0.775. The van der Waals surface area contributed by atoms with Gasteiger partial charge in [0.25, 0.3) is 0 Å². The normalized spacial score (nSPS) is 19.4. The van der Waals surface area contributed by atoms with Crippen molar-refractivity contribution in [2.24, 2.45) is 0 Å². The van der Waals surface area contributed by atoms with E-state index in [-0.39, 0.29) is 18.2 Å². The molecular formula is C20H22ClN5O2S. The van der Waals surface area contributed by atoms with Crippen molar-refractivity contribution in [2.45, 2.75) is 16.6 Å². The van der Waals surface area contributed by atoms with E-state index >= 15 is 0 Å². The molecule has 1 fully saturated rings. The Morgan fingerprint density at radius 1 is 1.28 bits per heavy atom. The van der Waals surface area contributed by atoms with Gasteiger partial charge in [0.2, 0.25) is 11.8 Å². The zero-order valence-electron chi connectivity index (χ0n) is 16.0. The number of aromatic nitrogens is 1. The van der Waals surface area contributed by atoms with Crippen LogP contribution in [0, 0.1) is 0 Å². The summed E-state index contributed by atoms with van der Waals surface area (Å²) in [5.74, 6) is 0.501. The lowest BCUT2D eigenvalue weighted by Gasteiger charge is -2.33. The third-order valence-corrected chi connectivity index (χ3v) is 6.50. The fraction of sp³-hybridized carbons (Fsp3) is 0.350. The number of hydrogen-bond acceptors (Lipinski definition) is 6. The molecular weight excluding hydrogens is 410 g/mol. The van der Waals surface area contributed by atoms with Crippen molar-refractivity contribution < 1.29 is 9.59 Å². The molecule has 3 heterocycles. The van der Waals surface area contributed by atoms with Crippen molar-refractivity contribution in [3.8, 4) is 0 Å². The summed E-state index contributed by atoms with van der Waals surface area (Å²) in [6.07, 6.45) is 1.75. The van der Waals surface area contributed by atoms with Gasteiger partial charge in [-0.15, -0.1) is 11.8 Å². The maximum atomic E-state index is 12.4. The number of benzene rings is 1. The highest BCUT2D eigenvalue weighted by Gasteiger charge is 2.29. The van der Waals surface area contributed by atoms with Gasteiger partial charge in [0.05, 0.1) is 22.8 Å². The number of piperazine rings is 1. The number of pyridine rings is 1. The molecule has 2 aromatic rings. The summed E-state index contributed by atoms with van der Waals surface area (Å²) in [7, 11) is 2.11. The lowest BCUT2D eigenvalue weighted by Crippen LogP contribution is -2.44. The van der Waals surface area contributed by atoms with Crippen LogP contribution < -0.4 is 15.5 Å². The Hall–Kier alpha value is -2.29. The van der Waals surface area contributed by atoms with Gasteiger partial charge in [-0.3, -0.25) is 9.59 Å². The van der Waals surface area contributed by atoms with Crippen molar-refractivity contribution in [3.05, 3.63) is 41.6 Å². The van der Waals surface area contributed by atoms with Crippen molar-refractivity contribution in [1.29, 1.82) is 0 Å². The second-order valence-electron chi connectivity index (χ2n) is 7.18. The molecule has 0 radical (unpaired) electrons. The largest absolute Gasteiger partial charge is 0.354 e. The Morgan fingerprint density at radius 3 is 2.79 bits per heavy atom. The average Bonchev–Trinajstić information content (AvgIpc) is 2.70. The summed E-state index contributed by atoms with van der Waals surface area (Å²) >= 11 is 7.34. The molecule has 1 unspecified atom stereocenters. The van der Waals surface area contributed by atoms with Crippen LogP contribution in [0.25, 0.3) is 0 Å². The molecule has 0 saturated carbocycles. The predicted molar refractivity (Wildman–Crippen MR) is 117 cm³/mol. The SMILES string of the molecule is CN1CCN(c2ccc(NC(=O)CC3Sc4ccc(Cl)cc4NC3=O)cn2)CC1. The van der Waals surface area contributed by atoms with Crippen LogP contribution in [0.3, 0.4) is 0 Å². The lowest BCUT2D eigenvalue weighted by molar-refractivity contribution is -0.120. The summed E-state index contributed by atoms with van der Waals surface area (Å²) in [6, 6.07) is 9.11. The molecule has 0 spiro atoms. The Bertz CT molecular complexity index is 916. The van der Waals surface area contributed by atoms with Gasteiger partial charge in [-0.05, 0) is 37.4 Å². The van der Waals surface area contributed by atoms with E-state index in [1.54, 1.807) is 18.3 Å². The first-order valence-electron chi connectivity index (χ1n) is 9.44. The molecule has 9 heteroatoms. The number of nitrogens with one attached hydrogen (secondary N) is 2. The van der Waals surface area contributed by atoms with Crippen LogP contribution in [-0.4, -0.2) is 60.2 Å². The number of likely N-dealkylation sites (N-methyl/N-ethyl adjacent to an activating group) is 1. The molecule has 1 aromatic heterocycles. The second kappa shape index (κ2) is 8.61. The Morgan fingerprint density at radius 2 is 2.07 bits per heavy atom. The highest BCUT2D eigenvalue weighted by Crippen LogP contribution is 2.38. The van der Waals surface area contributed by atoms with Crippen LogP contribution in [0.5, 0.6) is 0 Å². The van der Waals surface area contributed by atoms with Crippen molar-refractivity contribution in [2.75, 3.05) is 48.8 Å². The van der Waals surface area contributed by atoms with Gasteiger partial charge in [-0.25, -0.2) is 4.98 Å². The Balaban J connectivity index is 1.34. The topological polar surface area (TPSA) is 77.6 Å². The zero-order chi connectivity index (χ0) is 20.4. The summed E-state index contributed by atoms with van der Waals surface area (Å²) in [5, 5.41) is 5.74. The summed E-state index contributed by atoms with van der Waals surface area (Å²) < 4.78 is 0. The molecule has 1 aromatic carbocycles. The summed E-state index contributed by atoms with van der Waals surface area (Å²) in [4.78, 5) is 34.7. The molecule has 2 amide bonds. The van der Waals surface area contributed by atoms with E-state index in [9.17, 15) is 9.59 Å². The van der Waals surface area contributed by atoms with E-state index in [1.807, 2.05) is 18.2 Å². The van der Waals surface area contributed by atoms with Crippen molar-refractivity contribution >= 4 is 52.4 Å². The van der Waals surface area contributed by atoms with Crippen molar-refractivity contribution in [3.63, 3.8) is 0 Å². The number of amides is 2. The van der Waals surface area contributed by atoms with E-state index in [1.165, 1.54) is 11.8 Å². The van der Waals surface area contributed by atoms with Gasteiger partial charge in [0.1, 0.15) is 5.82 Å². The standard InChI is InChI=1S/C20H22ClN5O2S/c1-25-6-8-26(9-7-25)18-5-3-14(12-22-18)23-19(27)11-17-20(28)24-15-10-13(21)2-4-16(15)29-17/h2-5,10,12,17H,6-9,11H2,1H3,(H,23,27)(H,24,28). The molecule has 7 nitrogen and oxygen atoms in total. The minimum absolute atomic E-state index is 0.0821. The minimum Gasteiger partial charge on any atom is -0.354 e. The van der Waals surface area contributed by atoms with E-state index < -0.39 is 5.25 Å². The van der Waals surface area contributed by atoms with E-state index in [0.717, 1.165) is 36.9 Å². The van der Waals surface area contributed by atoms with Crippen LogP contribution in [0.2, 0.25) is 5.02 Å². The van der Waals surface area contributed by atoms with Gasteiger partial charge < -0.3 is 20.4 Å². The number of fused-ring (bicyclic) bond motifs is 1. The number of thioether (sulfide) groups is 1. The van der Waals surface area contributed by atoms with Gasteiger partial charge in [0, 0.05) is 42.5 Å². The fourth-order valence-corrected chi connectivity index (χ4v) is 4.58. The molecule has 1 atom stereocenters. The maximum absolute atomic E-state index is 12.4. The van der Waals surface area contributed by atoms with Gasteiger partial charge >= 0.3 is 0 Å². The number of hydrogen-bond donors (Lipinski definition) is 2. The van der Waals surface area contributed by atoms with Crippen LogP contribution in [0.1, 0.15) is 6.42 Å². The van der Waals surface area contributed by atoms with Crippen LogP contribution in [-0.2, 0) is 9.59 Å². The highest BCUT2D eigenvalue weighted by molar-refractivity contribution is 8.01. The number of rotatable bonds is 4. The highest BCUT2D eigenvalue weighted by atomic mass is 35.5. The first-order valence-corrected chi connectivity index (χ1v) is 10.7. The molecule has 4 rings (SSSR count). The van der Waals surface area contributed by atoms with Crippen LogP contribution in [0.15, 0.2) is 41.4 Å². The number of halogens is 1. The predicted octanol–water partition coefficient (Wildman–Crippen LogP) is 2.93. The van der Waals surface area contributed by atoms with Gasteiger partial charge in [0.15, 0.2) is 0 Å². The minimum atomic E-state index is -0.485. The molecule has 1 saturated heterocycles. The fourth-order valence-electron chi connectivity index (χ4n) is 3.32. The van der Waals surface area contributed by atoms with Crippen LogP contribution in [0.4, 0.5) is 17.2 Å². The number of nitrogens with zero attached hydrogens (tertiary/aromatic N) is 3. The van der Waals surface area contributed by atoms with Crippen LogP contribution >= 0.6 is 23.4 Å². The number of carbonyl (C=O) groups is 2. The molecule has 2 N–H and O–H groups in total. The first-order chi connectivity index (χ1) is 14.0. The number of carbonyl (C=O) groups excluding carboxylic acids is 2. The Kier molecular flexibility index (Phi) is 5.94. The maximum Gasteiger partial charge on any atom is 0.238 e. The zero-order valence-corrected chi connectivity index (χ0v) is 17.6. The molecule has 0 aliphatic carbocycles. The number of anilines is 3. The lowest BCUT2D eigenvalue weighted by atomic mass is 10.2. The third-order valence-electron chi connectivity index (χ3n) is 4.99. The first kappa shape index (κ1) is 20.0. The molecule has 2 aliphatic rings. The monoisotopic (exact) mass is 431 g/mol. The van der Waals surface area contributed by atoms with E-state index in [0.29, 0.717) is 16.4 Å². The summed E-state index contributed by atoms with van der Waals surface area (Å²) in [6.45, 7) is 3.90. The van der Waals surface area contributed by atoms with Crippen molar-refractivity contribution in [1.82, 2.24) is 9.88 Å². The smallest absolute Gasteiger partial charge is 0.238 e. The van der Waals surface area contributed by atoms with Gasteiger partial charge in [-0.1, -0.05) is 11.6 Å². The molecule has 29 heavy (non-hydrogen) atoms. The Labute approximate surface area is 178 Å². The van der Waals surface area contributed by atoms with E-state index in [4.69, 9.17) is 11.6 Å².